The number of hydrogen-bond acceptors (Lipinski definition) is 9. The van der Waals surface area contributed by atoms with Gasteiger partial charge in [-0.05, 0) is 6.92 Å². The van der Waals surface area contributed by atoms with Crippen LogP contribution >= 0.6 is 0 Å². The fraction of sp³-hybridized carbons (Fsp3) is 1.00. The summed E-state index contributed by atoms with van der Waals surface area (Å²) in [7, 11) is -10.0. The first-order chi connectivity index (χ1) is 5.62. The van der Waals surface area contributed by atoms with Gasteiger partial charge in [0.25, 0.3) is 0 Å². The van der Waals surface area contributed by atoms with E-state index in [0.29, 0.717) is 0 Å². The van der Waals surface area contributed by atoms with Crippen LogP contribution in [0.4, 0.5) is 0 Å². The van der Waals surface area contributed by atoms with Crippen molar-refractivity contribution in [2.75, 3.05) is 6.61 Å². The molecule has 0 rings (SSSR count). The van der Waals surface area contributed by atoms with E-state index < -0.39 is 20.8 Å². The Morgan fingerprint density at radius 3 is 1.13 bits per heavy atom. The van der Waals surface area contributed by atoms with E-state index in [1.165, 1.54) is 0 Å². The summed E-state index contributed by atoms with van der Waals surface area (Å²) in [6.45, 7) is 1.93. The van der Waals surface area contributed by atoms with E-state index >= 15 is 0 Å². The lowest BCUT2D eigenvalue weighted by molar-refractivity contribution is -0.105. The highest BCUT2D eigenvalue weighted by Gasteiger charge is 2.13. The number of aliphatic hydroxyl groups excluding tert-OH is 1. The molecule has 0 radical (unpaired) electrons. The molecule has 0 bridgehead atoms. The molecule has 0 spiro atoms. The van der Waals surface area contributed by atoms with Crippen LogP contribution in [-0.2, 0) is 29.5 Å². The second-order valence-electron chi connectivity index (χ2n) is 1.31. The Labute approximate surface area is 87.0 Å². The fourth-order valence-electron chi connectivity index (χ4n) is 0.0702. The molecule has 0 saturated carbocycles. The van der Waals surface area contributed by atoms with Crippen molar-refractivity contribution >= 4 is 20.8 Å². The Bertz CT molecular complexity index is 273. The minimum atomic E-state index is -5.02. The standard InChI is InChI=1S/C2H6O.2H3N.H2O8S2/c1-2-3;;;1-9(2,3)7-8-10(4,5)6/h3H,2H2,1H3;2*1H3;(H,1,2,3)(H,4,5,6). The lowest BCUT2D eigenvalue weighted by Gasteiger charge is -1.92. The van der Waals surface area contributed by atoms with Crippen molar-refractivity contribution < 1.29 is 39.7 Å². The van der Waals surface area contributed by atoms with Crippen LogP contribution < -0.4 is 12.3 Å². The zero-order valence-corrected chi connectivity index (χ0v) is 9.36. The lowest BCUT2D eigenvalue weighted by atomic mass is 10.9. The Hall–Kier alpha value is -0.380. The second kappa shape index (κ2) is 10.1. The largest absolute Gasteiger partial charge is 0.425 e. The van der Waals surface area contributed by atoms with Gasteiger partial charge in [-0.1, -0.05) is 8.67 Å². The second-order valence-corrected chi connectivity index (χ2v) is 3.29. The van der Waals surface area contributed by atoms with Gasteiger partial charge in [-0.15, -0.1) is 0 Å². The molecule has 0 fully saturated rings. The number of rotatable bonds is 3. The Kier molecular flexibility index (Phi) is 16.3. The minimum absolute atomic E-state index is 0. The maximum Gasteiger partial charge on any atom is 0.425 e. The van der Waals surface area contributed by atoms with E-state index in [9.17, 15) is 16.8 Å². The van der Waals surface area contributed by atoms with Gasteiger partial charge in [-0.3, -0.25) is 9.11 Å². The molecule has 98 valence electrons. The molecule has 0 saturated heterocycles. The number of hydrogen-bond donors (Lipinski definition) is 5. The molecule has 0 aliphatic heterocycles. The molecule has 15 heavy (non-hydrogen) atoms. The molecule has 0 atom stereocenters. The molecule has 0 unspecified atom stereocenters. The van der Waals surface area contributed by atoms with Crippen molar-refractivity contribution in [2.45, 2.75) is 6.92 Å². The summed E-state index contributed by atoms with van der Waals surface area (Å²) in [6, 6.07) is 0. The van der Waals surface area contributed by atoms with E-state index in [4.69, 9.17) is 14.2 Å². The van der Waals surface area contributed by atoms with Crippen molar-refractivity contribution in [1.82, 2.24) is 12.3 Å². The zero-order chi connectivity index (χ0) is 11.1. The van der Waals surface area contributed by atoms with Crippen LogP contribution in [-0.4, -0.2) is 37.7 Å². The van der Waals surface area contributed by atoms with Crippen molar-refractivity contribution in [3.63, 3.8) is 0 Å². The predicted molar refractivity (Wildman–Crippen MR) is 48.1 cm³/mol. The highest BCUT2D eigenvalue weighted by molar-refractivity contribution is 7.83. The van der Waals surface area contributed by atoms with E-state index in [-0.39, 0.29) is 18.9 Å². The van der Waals surface area contributed by atoms with Gasteiger partial charge in [0.1, 0.15) is 0 Å². The van der Waals surface area contributed by atoms with E-state index in [1.807, 2.05) is 0 Å². The molecular weight excluding hydrogens is 260 g/mol. The molecule has 0 aliphatic rings. The summed E-state index contributed by atoms with van der Waals surface area (Å²) in [5.41, 5.74) is 0. The summed E-state index contributed by atoms with van der Waals surface area (Å²) < 4.78 is 58.9. The molecule has 0 heterocycles. The summed E-state index contributed by atoms with van der Waals surface area (Å²) >= 11 is 0. The lowest BCUT2D eigenvalue weighted by Crippen LogP contribution is -2.10. The number of aliphatic hydroxyl groups is 1. The molecular formula is C2H14N2O9S2. The van der Waals surface area contributed by atoms with E-state index in [2.05, 4.69) is 8.67 Å². The maximum absolute atomic E-state index is 9.51. The molecule has 0 aliphatic carbocycles. The van der Waals surface area contributed by atoms with Crippen LogP contribution in [0.3, 0.4) is 0 Å². The van der Waals surface area contributed by atoms with Crippen LogP contribution in [0.2, 0.25) is 0 Å². The highest BCUT2D eigenvalue weighted by atomic mass is 32.3. The van der Waals surface area contributed by atoms with Crippen molar-refractivity contribution in [1.29, 1.82) is 0 Å². The van der Waals surface area contributed by atoms with Crippen LogP contribution in [0.15, 0.2) is 0 Å². The molecule has 0 amide bonds. The van der Waals surface area contributed by atoms with Crippen LogP contribution in [0.1, 0.15) is 6.92 Å². The monoisotopic (exact) mass is 274 g/mol. The van der Waals surface area contributed by atoms with E-state index in [0.717, 1.165) is 0 Å². The third-order valence-corrected chi connectivity index (χ3v) is 0.766. The zero-order valence-electron chi connectivity index (χ0n) is 7.73. The molecule has 13 heteroatoms. The average Bonchev–Trinajstić information content (AvgIpc) is 1.82. The Morgan fingerprint density at radius 1 is 0.933 bits per heavy atom. The topological polar surface area (TPSA) is 217 Å². The molecule has 0 aromatic rings. The van der Waals surface area contributed by atoms with Crippen molar-refractivity contribution in [3.8, 4) is 0 Å². The first-order valence-corrected chi connectivity index (χ1v) is 5.29. The van der Waals surface area contributed by atoms with Gasteiger partial charge < -0.3 is 17.4 Å². The van der Waals surface area contributed by atoms with Crippen molar-refractivity contribution in [2.24, 2.45) is 0 Å². The van der Waals surface area contributed by atoms with Gasteiger partial charge in [-0.25, -0.2) is 0 Å². The quantitative estimate of drug-likeness (QED) is 0.235. The summed E-state index contributed by atoms with van der Waals surface area (Å²) in [5.74, 6) is 0. The minimum Gasteiger partial charge on any atom is -0.397 e. The first-order valence-electron chi connectivity index (χ1n) is 2.56. The Morgan fingerprint density at radius 2 is 1.07 bits per heavy atom. The summed E-state index contributed by atoms with van der Waals surface area (Å²) in [6.07, 6.45) is 0. The van der Waals surface area contributed by atoms with Crippen LogP contribution in [0, 0.1) is 0 Å². The maximum atomic E-state index is 9.51. The van der Waals surface area contributed by atoms with Gasteiger partial charge in [0, 0.05) is 6.61 Å². The molecule has 9 N–H and O–H groups in total. The average molecular weight is 274 g/mol. The van der Waals surface area contributed by atoms with Gasteiger partial charge in [0.05, 0.1) is 0 Å². The first kappa shape index (κ1) is 24.0. The van der Waals surface area contributed by atoms with Crippen LogP contribution in [0.25, 0.3) is 0 Å². The van der Waals surface area contributed by atoms with Crippen molar-refractivity contribution in [3.05, 3.63) is 0 Å². The summed E-state index contributed by atoms with van der Waals surface area (Å²) in [5, 5.41) is 7.57. The Balaban J connectivity index is -0.000000108. The van der Waals surface area contributed by atoms with Gasteiger partial charge in [-0.2, -0.15) is 16.8 Å². The van der Waals surface area contributed by atoms with Gasteiger partial charge in [0.2, 0.25) is 0 Å². The normalized spacial score (nSPS) is 10.1. The molecule has 0 aromatic heterocycles. The molecule has 11 nitrogen and oxygen atoms in total. The third-order valence-electron chi connectivity index (χ3n) is 0.200. The SMILES string of the molecule is CCO.N.N.O=S(=O)(O)OOS(=O)(=O)O. The smallest absolute Gasteiger partial charge is 0.397 e. The van der Waals surface area contributed by atoms with Gasteiger partial charge in [0.15, 0.2) is 0 Å². The molecule has 0 aromatic carbocycles. The van der Waals surface area contributed by atoms with E-state index in [1.54, 1.807) is 6.92 Å². The third kappa shape index (κ3) is 42.0. The fourth-order valence-corrected chi connectivity index (χ4v) is 0.632. The van der Waals surface area contributed by atoms with Gasteiger partial charge >= 0.3 is 20.8 Å². The summed E-state index contributed by atoms with van der Waals surface area (Å²) in [4.78, 5) is 0. The van der Waals surface area contributed by atoms with Crippen LogP contribution in [0.5, 0.6) is 0 Å². The highest BCUT2D eigenvalue weighted by Crippen LogP contribution is 1.92. The predicted octanol–water partition coefficient (Wildman–Crippen LogP) is -1.14.